The molecule has 0 spiro atoms. The molecule has 0 aromatic heterocycles. The first-order valence-corrected chi connectivity index (χ1v) is 8.05. The third kappa shape index (κ3) is 2.99. The van der Waals surface area contributed by atoms with Crippen molar-refractivity contribution in [2.45, 2.75) is 38.8 Å². The van der Waals surface area contributed by atoms with Crippen molar-refractivity contribution in [2.75, 3.05) is 24.6 Å². The van der Waals surface area contributed by atoms with Crippen molar-refractivity contribution < 1.29 is 14.7 Å². The minimum Gasteiger partial charge on any atom is -0.480 e. The van der Waals surface area contributed by atoms with E-state index in [-0.39, 0.29) is 12.1 Å². The minimum absolute atomic E-state index is 0.0797. The van der Waals surface area contributed by atoms with Crippen LogP contribution in [0, 0.1) is 5.92 Å². The number of carbonyl (C=O) groups is 2. The van der Waals surface area contributed by atoms with Gasteiger partial charge in [0.15, 0.2) is 0 Å². The van der Waals surface area contributed by atoms with Crippen LogP contribution in [0.2, 0.25) is 0 Å². The number of amides is 2. The van der Waals surface area contributed by atoms with Gasteiger partial charge in [-0.15, -0.1) is 0 Å². The van der Waals surface area contributed by atoms with Gasteiger partial charge in [0.25, 0.3) is 0 Å². The third-order valence-electron chi connectivity index (χ3n) is 3.97. The zero-order chi connectivity index (χ0) is 14.0. The Balaban J connectivity index is 2.10. The van der Waals surface area contributed by atoms with E-state index in [0.717, 1.165) is 25.1 Å². The van der Waals surface area contributed by atoms with Crippen molar-refractivity contribution in [1.82, 2.24) is 9.80 Å². The van der Waals surface area contributed by atoms with Gasteiger partial charge in [0.1, 0.15) is 6.04 Å². The summed E-state index contributed by atoms with van der Waals surface area (Å²) in [4.78, 5) is 27.3. The van der Waals surface area contributed by atoms with Gasteiger partial charge in [0.2, 0.25) is 0 Å². The number of nitrogens with zero attached hydrogens (tertiary/aromatic N) is 2. The summed E-state index contributed by atoms with van der Waals surface area (Å²) in [5.74, 6) is 0.867. The van der Waals surface area contributed by atoms with Crippen LogP contribution in [0.4, 0.5) is 4.79 Å². The van der Waals surface area contributed by atoms with E-state index in [2.05, 4.69) is 13.8 Å². The van der Waals surface area contributed by atoms with Gasteiger partial charge in [-0.3, -0.25) is 0 Å². The fourth-order valence-corrected chi connectivity index (χ4v) is 3.96. The predicted octanol–water partition coefficient (Wildman–Crippen LogP) is 1.73. The Morgan fingerprint density at radius 3 is 2.63 bits per heavy atom. The molecule has 0 bridgehead atoms. The largest absolute Gasteiger partial charge is 0.480 e. The smallest absolute Gasteiger partial charge is 0.327 e. The summed E-state index contributed by atoms with van der Waals surface area (Å²) >= 11 is 1.61. The van der Waals surface area contributed by atoms with E-state index in [4.69, 9.17) is 0 Å². The van der Waals surface area contributed by atoms with Crippen LogP contribution in [0.1, 0.15) is 26.7 Å². The first-order chi connectivity index (χ1) is 9.02. The molecular weight excluding hydrogens is 264 g/mol. The number of carboxylic acids is 1. The highest BCUT2D eigenvalue weighted by molar-refractivity contribution is 7.99. The summed E-state index contributed by atoms with van der Waals surface area (Å²) in [6, 6.07) is -0.486. The standard InChI is InChI=1S/C13H22N2O3S/c1-9(2)10-4-3-5-14(10)13(18)15-6-7-19-8-11(15)12(16)17/h9-11H,3-8H2,1-2H3,(H,16,17). The van der Waals surface area contributed by atoms with E-state index in [9.17, 15) is 14.7 Å². The van der Waals surface area contributed by atoms with Crippen molar-refractivity contribution in [3.05, 3.63) is 0 Å². The van der Waals surface area contributed by atoms with Crippen molar-refractivity contribution in [3.63, 3.8) is 0 Å². The average molecular weight is 286 g/mol. The summed E-state index contributed by atoms with van der Waals surface area (Å²) in [6.07, 6.45) is 2.05. The lowest BCUT2D eigenvalue weighted by Crippen LogP contribution is -2.56. The van der Waals surface area contributed by atoms with Crippen LogP contribution in [0.25, 0.3) is 0 Å². The second kappa shape index (κ2) is 6.03. The number of carbonyl (C=O) groups excluding carboxylic acids is 1. The van der Waals surface area contributed by atoms with Gasteiger partial charge in [-0.25, -0.2) is 9.59 Å². The van der Waals surface area contributed by atoms with Crippen molar-refractivity contribution in [3.8, 4) is 0 Å². The summed E-state index contributed by atoms with van der Waals surface area (Å²) < 4.78 is 0. The molecule has 2 amide bonds. The molecule has 2 saturated heterocycles. The van der Waals surface area contributed by atoms with E-state index in [0.29, 0.717) is 18.2 Å². The van der Waals surface area contributed by atoms with Gasteiger partial charge in [-0.1, -0.05) is 13.8 Å². The molecule has 0 aromatic rings. The molecular formula is C13H22N2O3S. The zero-order valence-corrected chi connectivity index (χ0v) is 12.4. The first-order valence-electron chi connectivity index (χ1n) is 6.90. The highest BCUT2D eigenvalue weighted by Crippen LogP contribution is 2.27. The molecule has 2 aliphatic rings. The highest BCUT2D eigenvalue weighted by atomic mass is 32.2. The van der Waals surface area contributed by atoms with Gasteiger partial charge < -0.3 is 14.9 Å². The monoisotopic (exact) mass is 286 g/mol. The van der Waals surface area contributed by atoms with E-state index >= 15 is 0 Å². The molecule has 2 heterocycles. The number of urea groups is 1. The van der Waals surface area contributed by atoms with Gasteiger partial charge in [0.05, 0.1) is 0 Å². The lowest BCUT2D eigenvalue weighted by molar-refractivity contribution is -0.141. The Hall–Kier alpha value is -0.910. The predicted molar refractivity (Wildman–Crippen MR) is 75.4 cm³/mol. The van der Waals surface area contributed by atoms with Gasteiger partial charge in [-0.05, 0) is 18.8 Å². The Morgan fingerprint density at radius 1 is 1.26 bits per heavy atom. The zero-order valence-electron chi connectivity index (χ0n) is 11.5. The number of aliphatic carboxylic acids is 1. The molecule has 2 aliphatic heterocycles. The van der Waals surface area contributed by atoms with Crippen LogP contribution < -0.4 is 0 Å². The first kappa shape index (κ1) is 14.5. The maximum absolute atomic E-state index is 12.6. The van der Waals surface area contributed by atoms with Crippen LogP contribution >= 0.6 is 11.8 Å². The Labute approximate surface area is 118 Å². The average Bonchev–Trinajstić information content (AvgIpc) is 2.87. The fourth-order valence-electron chi connectivity index (χ4n) is 2.93. The molecule has 2 atom stereocenters. The topological polar surface area (TPSA) is 60.9 Å². The van der Waals surface area contributed by atoms with Crippen LogP contribution in [0.5, 0.6) is 0 Å². The van der Waals surface area contributed by atoms with E-state index in [1.165, 1.54) is 0 Å². The number of hydrogen-bond donors (Lipinski definition) is 1. The number of carboxylic acid groups (broad SMARTS) is 1. The second-order valence-corrected chi connectivity index (χ2v) is 6.70. The van der Waals surface area contributed by atoms with Crippen LogP contribution in [0.15, 0.2) is 0 Å². The van der Waals surface area contributed by atoms with Gasteiger partial charge in [0, 0.05) is 30.6 Å². The quantitative estimate of drug-likeness (QED) is 0.840. The minimum atomic E-state index is -0.888. The highest BCUT2D eigenvalue weighted by Gasteiger charge is 2.39. The van der Waals surface area contributed by atoms with Gasteiger partial charge in [-0.2, -0.15) is 11.8 Å². The molecule has 2 rings (SSSR count). The molecule has 0 saturated carbocycles. The maximum Gasteiger partial charge on any atom is 0.327 e. The Morgan fingerprint density at radius 2 is 2.00 bits per heavy atom. The lowest BCUT2D eigenvalue weighted by atomic mass is 10.0. The van der Waals surface area contributed by atoms with Crippen LogP contribution in [-0.4, -0.2) is 63.6 Å². The molecule has 0 aliphatic carbocycles. The van der Waals surface area contributed by atoms with E-state index in [1.807, 2.05) is 4.90 Å². The van der Waals surface area contributed by atoms with Crippen molar-refractivity contribution >= 4 is 23.8 Å². The van der Waals surface area contributed by atoms with E-state index in [1.54, 1.807) is 16.7 Å². The summed E-state index contributed by atoms with van der Waals surface area (Å²) in [5.41, 5.74) is 0. The number of rotatable bonds is 2. The van der Waals surface area contributed by atoms with Crippen LogP contribution in [0.3, 0.4) is 0 Å². The lowest BCUT2D eigenvalue weighted by Gasteiger charge is -2.38. The summed E-state index contributed by atoms with van der Waals surface area (Å²) in [6.45, 7) is 5.55. The van der Waals surface area contributed by atoms with Crippen molar-refractivity contribution in [1.29, 1.82) is 0 Å². The SMILES string of the molecule is CC(C)C1CCCN1C(=O)N1CCSCC1C(=O)O. The third-order valence-corrected chi connectivity index (χ3v) is 5.00. The molecule has 5 nitrogen and oxygen atoms in total. The molecule has 1 N–H and O–H groups in total. The number of hydrogen-bond acceptors (Lipinski definition) is 3. The normalized spacial score (nSPS) is 27.9. The number of likely N-dealkylation sites (tertiary alicyclic amines) is 1. The Kier molecular flexibility index (Phi) is 4.60. The summed E-state index contributed by atoms with van der Waals surface area (Å²) in [5, 5.41) is 9.25. The maximum atomic E-state index is 12.6. The van der Waals surface area contributed by atoms with Gasteiger partial charge >= 0.3 is 12.0 Å². The fraction of sp³-hybridized carbons (Fsp3) is 0.846. The summed E-state index contributed by atoms with van der Waals surface area (Å²) in [7, 11) is 0. The molecule has 19 heavy (non-hydrogen) atoms. The van der Waals surface area contributed by atoms with Crippen molar-refractivity contribution in [2.24, 2.45) is 5.92 Å². The molecule has 108 valence electrons. The molecule has 2 unspecified atom stereocenters. The second-order valence-electron chi connectivity index (χ2n) is 5.55. The Bertz CT molecular complexity index is 362. The van der Waals surface area contributed by atoms with E-state index < -0.39 is 12.0 Å². The molecule has 0 aromatic carbocycles. The molecule has 6 heteroatoms. The number of thioether (sulfide) groups is 1. The van der Waals surface area contributed by atoms with Crippen LogP contribution in [-0.2, 0) is 4.79 Å². The molecule has 0 radical (unpaired) electrons. The molecule has 2 fully saturated rings.